The highest BCUT2D eigenvalue weighted by molar-refractivity contribution is 5.97. The molecule has 1 N–H and O–H groups in total. The van der Waals surface area contributed by atoms with E-state index in [-0.39, 0.29) is 11.9 Å². The van der Waals surface area contributed by atoms with Crippen LogP contribution in [0.4, 0.5) is 0 Å². The first-order valence-corrected chi connectivity index (χ1v) is 9.26. The molecule has 0 saturated carbocycles. The van der Waals surface area contributed by atoms with Crippen molar-refractivity contribution < 1.29 is 9.53 Å². The van der Waals surface area contributed by atoms with Gasteiger partial charge in [0.15, 0.2) is 0 Å². The Morgan fingerprint density at radius 2 is 2.07 bits per heavy atom. The van der Waals surface area contributed by atoms with Crippen LogP contribution < -0.4 is 10.1 Å². The molecule has 3 rings (SSSR count). The molecule has 1 saturated heterocycles. The summed E-state index contributed by atoms with van der Waals surface area (Å²) in [5, 5.41) is 3.24. The van der Waals surface area contributed by atoms with E-state index in [1.165, 1.54) is 5.56 Å². The average molecular weight is 368 g/mol. The molecule has 2 heterocycles. The molecule has 27 heavy (non-hydrogen) atoms. The molecule has 1 aliphatic rings. The Balaban J connectivity index is 1.70. The Kier molecular flexibility index (Phi) is 6.42. The first-order chi connectivity index (χ1) is 13.1. The SMILES string of the molecule is COc1ccccc1C(=O)N[C@@H]1CN(Cc2cccnc2)C[C@H]1CN(C)C. The first-order valence-electron chi connectivity index (χ1n) is 9.26. The molecule has 1 aromatic heterocycles. The molecule has 0 aliphatic carbocycles. The van der Waals surface area contributed by atoms with E-state index in [1.807, 2.05) is 30.5 Å². The third-order valence-electron chi connectivity index (χ3n) is 4.91. The van der Waals surface area contributed by atoms with E-state index >= 15 is 0 Å². The van der Waals surface area contributed by atoms with Gasteiger partial charge in [0.1, 0.15) is 5.75 Å². The molecule has 0 bridgehead atoms. The van der Waals surface area contributed by atoms with Gasteiger partial charge in [-0.25, -0.2) is 0 Å². The number of benzene rings is 1. The standard InChI is InChI=1S/C21H28N4O2/c1-24(2)13-17-14-25(12-16-7-6-10-22-11-16)15-19(17)23-21(26)18-8-4-5-9-20(18)27-3/h4-11,17,19H,12-15H2,1-3H3,(H,23,26)/t17-,19-/m1/s1. The van der Waals surface area contributed by atoms with Gasteiger partial charge in [-0.2, -0.15) is 0 Å². The van der Waals surface area contributed by atoms with E-state index < -0.39 is 0 Å². The predicted molar refractivity (Wildman–Crippen MR) is 106 cm³/mol. The van der Waals surface area contributed by atoms with Gasteiger partial charge in [-0.3, -0.25) is 14.7 Å². The second-order valence-corrected chi connectivity index (χ2v) is 7.36. The zero-order chi connectivity index (χ0) is 19.2. The number of carbonyl (C=O) groups excluding carboxylic acids is 1. The largest absolute Gasteiger partial charge is 0.496 e. The molecule has 2 aromatic rings. The number of para-hydroxylation sites is 1. The summed E-state index contributed by atoms with van der Waals surface area (Å²) in [6.07, 6.45) is 3.69. The number of nitrogens with zero attached hydrogens (tertiary/aromatic N) is 3. The van der Waals surface area contributed by atoms with Crippen LogP contribution >= 0.6 is 0 Å². The van der Waals surface area contributed by atoms with Crippen LogP contribution in [0.2, 0.25) is 0 Å². The van der Waals surface area contributed by atoms with Crippen molar-refractivity contribution in [3.8, 4) is 5.75 Å². The van der Waals surface area contributed by atoms with Gasteiger partial charge in [0, 0.05) is 50.5 Å². The van der Waals surface area contributed by atoms with Crippen LogP contribution in [-0.4, -0.2) is 67.6 Å². The van der Waals surface area contributed by atoms with E-state index in [4.69, 9.17) is 4.74 Å². The van der Waals surface area contributed by atoms with Gasteiger partial charge in [0.25, 0.3) is 5.91 Å². The molecule has 0 unspecified atom stereocenters. The van der Waals surface area contributed by atoms with Crippen LogP contribution in [0.3, 0.4) is 0 Å². The number of hydrogen-bond acceptors (Lipinski definition) is 5. The molecule has 1 aromatic carbocycles. The van der Waals surface area contributed by atoms with Gasteiger partial charge < -0.3 is 15.0 Å². The molecular weight excluding hydrogens is 340 g/mol. The maximum atomic E-state index is 12.8. The van der Waals surface area contributed by atoms with Crippen molar-refractivity contribution in [3.05, 3.63) is 59.9 Å². The molecule has 6 heteroatoms. The van der Waals surface area contributed by atoms with Crippen molar-refractivity contribution in [1.82, 2.24) is 20.1 Å². The van der Waals surface area contributed by atoms with Crippen LogP contribution in [0, 0.1) is 5.92 Å². The van der Waals surface area contributed by atoms with Crippen LogP contribution in [-0.2, 0) is 6.54 Å². The van der Waals surface area contributed by atoms with Crippen molar-refractivity contribution in [3.63, 3.8) is 0 Å². The number of hydrogen-bond donors (Lipinski definition) is 1. The topological polar surface area (TPSA) is 57.7 Å². The summed E-state index contributed by atoms with van der Waals surface area (Å²) in [6, 6.07) is 11.5. The van der Waals surface area contributed by atoms with E-state index in [0.717, 1.165) is 26.2 Å². The summed E-state index contributed by atoms with van der Waals surface area (Å²) in [5.41, 5.74) is 1.77. The number of aromatic nitrogens is 1. The Bertz CT molecular complexity index is 751. The predicted octanol–water partition coefficient (Wildman–Crippen LogP) is 1.88. The number of nitrogens with one attached hydrogen (secondary N) is 1. The lowest BCUT2D eigenvalue weighted by Crippen LogP contribution is -2.43. The third kappa shape index (κ3) is 5.05. The minimum absolute atomic E-state index is 0.0792. The number of pyridine rings is 1. The number of ether oxygens (including phenoxy) is 1. The fraction of sp³-hybridized carbons (Fsp3) is 0.429. The van der Waals surface area contributed by atoms with Crippen LogP contribution in [0.25, 0.3) is 0 Å². The number of methoxy groups -OCH3 is 1. The fourth-order valence-electron chi connectivity index (χ4n) is 3.74. The summed E-state index contributed by atoms with van der Waals surface area (Å²) < 4.78 is 5.34. The smallest absolute Gasteiger partial charge is 0.255 e. The van der Waals surface area contributed by atoms with E-state index in [0.29, 0.717) is 17.2 Å². The lowest BCUT2D eigenvalue weighted by Gasteiger charge is -2.23. The molecular formula is C21H28N4O2. The van der Waals surface area contributed by atoms with Crippen LogP contribution in [0.1, 0.15) is 15.9 Å². The van der Waals surface area contributed by atoms with Crippen molar-refractivity contribution in [2.45, 2.75) is 12.6 Å². The summed E-state index contributed by atoms with van der Waals surface area (Å²) in [5.74, 6) is 0.893. The summed E-state index contributed by atoms with van der Waals surface area (Å²) in [6.45, 7) is 3.55. The maximum absolute atomic E-state index is 12.8. The monoisotopic (exact) mass is 368 g/mol. The highest BCUT2D eigenvalue weighted by Crippen LogP contribution is 2.22. The summed E-state index contributed by atoms with van der Waals surface area (Å²) in [7, 11) is 5.73. The van der Waals surface area contributed by atoms with Gasteiger partial charge >= 0.3 is 0 Å². The lowest BCUT2D eigenvalue weighted by atomic mass is 10.0. The third-order valence-corrected chi connectivity index (χ3v) is 4.91. The second-order valence-electron chi connectivity index (χ2n) is 7.36. The number of likely N-dealkylation sites (tertiary alicyclic amines) is 1. The summed E-state index contributed by atoms with van der Waals surface area (Å²) >= 11 is 0. The second kappa shape index (κ2) is 8.97. The van der Waals surface area contributed by atoms with E-state index in [2.05, 4.69) is 40.3 Å². The molecule has 1 amide bonds. The van der Waals surface area contributed by atoms with Crippen molar-refractivity contribution >= 4 is 5.91 Å². The van der Waals surface area contributed by atoms with Crippen LogP contribution in [0.5, 0.6) is 5.75 Å². The molecule has 2 atom stereocenters. The van der Waals surface area contributed by atoms with Gasteiger partial charge in [0.2, 0.25) is 0 Å². The first kappa shape index (κ1) is 19.3. The van der Waals surface area contributed by atoms with Gasteiger partial charge in [-0.15, -0.1) is 0 Å². The zero-order valence-corrected chi connectivity index (χ0v) is 16.3. The molecule has 1 aliphatic heterocycles. The molecule has 1 fully saturated rings. The van der Waals surface area contributed by atoms with Crippen molar-refractivity contribution in [2.75, 3.05) is 40.8 Å². The van der Waals surface area contributed by atoms with Gasteiger partial charge in [0.05, 0.1) is 12.7 Å². The normalized spacial score (nSPS) is 20.0. The Labute approximate surface area is 161 Å². The number of carbonyl (C=O) groups is 1. The van der Waals surface area contributed by atoms with Crippen LogP contribution in [0.15, 0.2) is 48.8 Å². The van der Waals surface area contributed by atoms with E-state index in [1.54, 1.807) is 19.4 Å². The van der Waals surface area contributed by atoms with Gasteiger partial charge in [-0.05, 0) is 37.9 Å². The highest BCUT2D eigenvalue weighted by atomic mass is 16.5. The zero-order valence-electron chi connectivity index (χ0n) is 16.3. The molecule has 6 nitrogen and oxygen atoms in total. The van der Waals surface area contributed by atoms with Crippen molar-refractivity contribution in [2.24, 2.45) is 5.92 Å². The van der Waals surface area contributed by atoms with Crippen molar-refractivity contribution in [1.29, 1.82) is 0 Å². The highest BCUT2D eigenvalue weighted by Gasteiger charge is 2.34. The Morgan fingerprint density at radius 3 is 2.78 bits per heavy atom. The van der Waals surface area contributed by atoms with E-state index in [9.17, 15) is 4.79 Å². The minimum Gasteiger partial charge on any atom is -0.496 e. The maximum Gasteiger partial charge on any atom is 0.255 e. The quantitative estimate of drug-likeness (QED) is 0.809. The molecule has 0 radical (unpaired) electrons. The number of rotatable bonds is 7. The molecule has 144 valence electrons. The number of amides is 1. The van der Waals surface area contributed by atoms with Gasteiger partial charge in [-0.1, -0.05) is 18.2 Å². The average Bonchev–Trinajstić information content (AvgIpc) is 3.02. The molecule has 0 spiro atoms. The Hall–Kier alpha value is -2.44. The minimum atomic E-state index is -0.0792. The fourth-order valence-corrected chi connectivity index (χ4v) is 3.74. The lowest BCUT2D eigenvalue weighted by molar-refractivity contribution is 0.0923. The summed E-state index contributed by atoms with van der Waals surface area (Å²) in [4.78, 5) is 21.6. The Morgan fingerprint density at radius 1 is 1.26 bits per heavy atom.